The fraction of sp³-hybridized carbons (Fsp3) is 0.250. The van der Waals surface area contributed by atoms with Crippen LogP contribution in [-0.4, -0.2) is 16.0 Å². The molecule has 0 bridgehead atoms. The molecule has 1 aromatic heterocycles. The van der Waals surface area contributed by atoms with Gasteiger partial charge in [-0.15, -0.1) is 6.42 Å². The molecule has 0 saturated carbocycles. The van der Waals surface area contributed by atoms with E-state index in [2.05, 4.69) is 21.2 Å². The van der Waals surface area contributed by atoms with Crippen LogP contribution in [-0.2, 0) is 0 Å². The van der Waals surface area contributed by atoms with Gasteiger partial charge in [-0.05, 0) is 6.92 Å². The Morgan fingerprint density at radius 2 is 2.17 bits per heavy atom. The van der Waals surface area contributed by atoms with Crippen LogP contribution in [0.5, 0.6) is 0 Å². The first kappa shape index (κ1) is 8.82. The summed E-state index contributed by atoms with van der Waals surface area (Å²) in [5.74, 6) is 2.99. The number of anilines is 1. The number of halogens is 1. The molecular formula is C8H8ClN3. The first-order valence-electron chi connectivity index (χ1n) is 3.42. The summed E-state index contributed by atoms with van der Waals surface area (Å²) in [6.45, 7) is 1.85. The van der Waals surface area contributed by atoms with E-state index >= 15 is 0 Å². The molecule has 0 radical (unpaired) electrons. The third-order valence-corrected chi connectivity index (χ3v) is 1.41. The van der Waals surface area contributed by atoms with E-state index in [0.29, 0.717) is 11.0 Å². The Bertz CT molecular complexity index is 288. The second-order valence-electron chi connectivity index (χ2n) is 2.26. The third kappa shape index (κ3) is 2.40. The van der Waals surface area contributed by atoms with Crippen molar-refractivity contribution < 1.29 is 0 Å². The summed E-state index contributed by atoms with van der Waals surface area (Å²) in [5.41, 5.74) is 0. The Kier molecular flexibility index (Phi) is 2.89. The molecule has 0 aliphatic heterocycles. The SMILES string of the molecule is C#CC(C)Nc1ncc(Cl)cn1. The van der Waals surface area contributed by atoms with Crippen LogP contribution >= 0.6 is 11.6 Å². The van der Waals surface area contributed by atoms with Gasteiger partial charge in [-0.1, -0.05) is 17.5 Å². The number of nitrogens with one attached hydrogen (secondary N) is 1. The van der Waals surface area contributed by atoms with Gasteiger partial charge in [-0.2, -0.15) is 0 Å². The Morgan fingerprint density at radius 1 is 1.58 bits per heavy atom. The zero-order valence-corrected chi connectivity index (χ0v) is 7.34. The quantitative estimate of drug-likeness (QED) is 0.704. The lowest BCUT2D eigenvalue weighted by Crippen LogP contribution is -2.14. The summed E-state index contributed by atoms with van der Waals surface area (Å²) in [5, 5.41) is 3.41. The largest absolute Gasteiger partial charge is 0.341 e. The lowest BCUT2D eigenvalue weighted by Gasteiger charge is -2.05. The number of hydrogen-bond donors (Lipinski definition) is 1. The van der Waals surface area contributed by atoms with Gasteiger partial charge in [0.05, 0.1) is 23.5 Å². The Labute approximate surface area is 76.2 Å². The molecule has 3 nitrogen and oxygen atoms in total. The van der Waals surface area contributed by atoms with Gasteiger partial charge >= 0.3 is 0 Å². The van der Waals surface area contributed by atoms with E-state index in [4.69, 9.17) is 18.0 Å². The van der Waals surface area contributed by atoms with Crippen LogP contribution in [0.3, 0.4) is 0 Å². The minimum atomic E-state index is -0.0776. The van der Waals surface area contributed by atoms with E-state index in [0.717, 1.165) is 0 Å². The molecular weight excluding hydrogens is 174 g/mol. The number of terminal acetylenes is 1. The van der Waals surface area contributed by atoms with Gasteiger partial charge in [-0.25, -0.2) is 9.97 Å². The molecule has 1 heterocycles. The molecule has 62 valence electrons. The Morgan fingerprint density at radius 3 is 2.67 bits per heavy atom. The molecule has 12 heavy (non-hydrogen) atoms. The normalized spacial score (nSPS) is 11.8. The fourth-order valence-electron chi connectivity index (χ4n) is 0.622. The molecule has 1 rings (SSSR count). The van der Waals surface area contributed by atoms with Crippen molar-refractivity contribution in [1.82, 2.24) is 9.97 Å². The molecule has 0 fully saturated rings. The lowest BCUT2D eigenvalue weighted by molar-refractivity contribution is 0.982. The molecule has 0 aromatic carbocycles. The van der Waals surface area contributed by atoms with Gasteiger partial charge in [0.25, 0.3) is 0 Å². The second-order valence-corrected chi connectivity index (χ2v) is 2.69. The number of aromatic nitrogens is 2. The van der Waals surface area contributed by atoms with Crippen molar-refractivity contribution in [1.29, 1.82) is 0 Å². The first-order chi connectivity index (χ1) is 5.72. The summed E-state index contributed by atoms with van der Waals surface area (Å²) in [4.78, 5) is 7.83. The lowest BCUT2D eigenvalue weighted by atomic mass is 10.4. The molecule has 0 amide bonds. The van der Waals surface area contributed by atoms with E-state index in [-0.39, 0.29) is 6.04 Å². The average molecular weight is 182 g/mol. The minimum absolute atomic E-state index is 0.0776. The molecule has 0 aliphatic rings. The molecule has 0 spiro atoms. The molecule has 1 N–H and O–H groups in total. The Hall–Kier alpha value is -1.27. The number of nitrogens with zero attached hydrogens (tertiary/aromatic N) is 2. The zero-order valence-electron chi connectivity index (χ0n) is 6.58. The van der Waals surface area contributed by atoms with Crippen LogP contribution in [0.25, 0.3) is 0 Å². The van der Waals surface area contributed by atoms with Crippen LogP contribution < -0.4 is 5.32 Å². The van der Waals surface area contributed by atoms with Crippen LogP contribution in [0.4, 0.5) is 5.95 Å². The summed E-state index contributed by atoms with van der Waals surface area (Å²) in [6.07, 6.45) is 8.18. The molecule has 1 unspecified atom stereocenters. The highest BCUT2D eigenvalue weighted by atomic mass is 35.5. The van der Waals surface area contributed by atoms with Crippen molar-refractivity contribution >= 4 is 17.5 Å². The van der Waals surface area contributed by atoms with E-state index in [1.54, 1.807) is 0 Å². The maximum absolute atomic E-state index is 5.59. The highest BCUT2D eigenvalue weighted by molar-refractivity contribution is 6.30. The highest BCUT2D eigenvalue weighted by Crippen LogP contribution is 2.05. The second kappa shape index (κ2) is 3.93. The van der Waals surface area contributed by atoms with Crippen molar-refractivity contribution in [2.45, 2.75) is 13.0 Å². The predicted molar refractivity (Wildman–Crippen MR) is 49.0 cm³/mol. The Balaban J connectivity index is 2.66. The van der Waals surface area contributed by atoms with Crippen molar-refractivity contribution in [3.8, 4) is 12.3 Å². The van der Waals surface area contributed by atoms with Gasteiger partial charge in [-0.3, -0.25) is 0 Å². The van der Waals surface area contributed by atoms with Crippen molar-refractivity contribution in [3.63, 3.8) is 0 Å². The van der Waals surface area contributed by atoms with Gasteiger partial charge in [0.2, 0.25) is 5.95 Å². The van der Waals surface area contributed by atoms with Crippen LogP contribution in [0, 0.1) is 12.3 Å². The van der Waals surface area contributed by atoms with E-state index in [1.807, 2.05) is 6.92 Å². The smallest absolute Gasteiger partial charge is 0.223 e. The maximum Gasteiger partial charge on any atom is 0.223 e. The summed E-state index contributed by atoms with van der Waals surface area (Å²) < 4.78 is 0. The van der Waals surface area contributed by atoms with Gasteiger partial charge in [0.15, 0.2) is 0 Å². The van der Waals surface area contributed by atoms with Crippen molar-refractivity contribution in [2.75, 3.05) is 5.32 Å². The molecule has 1 aromatic rings. The van der Waals surface area contributed by atoms with Crippen LogP contribution in [0.15, 0.2) is 12.4 Å². The van der Waals surface area contributed by atoms with Crippen molar-refractivity contribution in [2.24, 2.45) is 0 Å². The predicted octanol–water partition coefficient (Wildman–Crippen LogP) is 1.56. The van der Waals surface area contributed by atoms with E-state index in [1.165, 1.54) is 12.4 Å². The number of hydrogen-bond acceptors (Lipinski definition) is 3. The van der Waals surface area contributed by atoms with Crippen molar-refractivity contribution in [3.05, 3.63) is 17.4 Å². The zero-order chi connectivity index (χ0) is 8.97. The monoisotopic (exact) mass is 181 g/mol. The standard InChI is InChI=1S/C8H8ClN3/c1-3-6(2)12-8-10-4-7(9)5-11-8/h1,4-6H,2H3,(H,10,11,12). The minimum Gasteiger partial charge on any atom is -0.341 e. The van der Waals surface area contributed by atoms with Gasteiger partial charge in [0, 0.05) is 0 Å². The summed E-state index contributed by atoms with van der Waals surface area (Å²) in [7, 11) is 0. The van der Waals surface area contributed by atoms with E-state index in [9.17, 15) is 0 Å². The first-order valence-corrected chi connectivity index (χ1v) is 3.80. The van der Waals surface area contributed by atoms with Crippen LogP contribution in [0.2, 0.25) is 5.02 Å². The van der Waals surface area contributed by atoms with Gasteiger partial charge in [0.1, 0.15) is 0 Å². The highest BCUT2D eigenvalue weighted by Gasteiger charge is 1.98. The average Bonchev–Trinajstić information content (AvgIpc) is 2.09. The third-order valence-electron chi connectivity index (χ3n) is 1.22. The fourth-order valence-corrected chi connectivity index (χ4v) is 0.720. The summed E-state index contributed by atoms with van der Waals surface area (Å²) in [6, 6.07) is -0.0776. The topological polar surface area (TPSA) is 37.8 Å². The molecule has 1 atom stereocenters. The summed E-state index contributed by atoms with van der Waals surface area (Å²) >= 11 is 5.59. The maximum atomic E-state index is 5.59. The molecule has 0 saturated heterocycles. The van der Waals surface area contributed by atoms with Gasteiger partial charge < -0.3 is 5.32 Å². The van der Waals surface area contributed by atoms with E-state index < -0.39 is 0 Å². The molecule has 4 heteroatoms. The molecule has 0 aliphatic carbocycles. The van der Waals surface area contributed by atoms with Crippen LogP contribution in [0.1, 0.15) is 6.92 Å². The number of rotatable bonds is 2.